The molecular weight excluding hydrogens is 476 g/mol. The number of sulfonamides is 1. The number of amides is 1. The molecule has 1 heterocycles. The van der Waals surface area contributed by atoms with Crippen molar-refractivity contribution in [3.05, 3.63) is 82.9 Å². The third-order valence-electron chi connectivity index (χ3n) is 5.51. The second kappa shape index (κ2) is 9.95. The zero-order valence-corrected chi connectivity index (χ0v) is 20.4. The summed E-state index contributed by atoms with van der Waals surface area (Å²) in [6, 6.07) is 18.0. The molecule has 4 rings (SSSR count). The average molecular weight is 501 g/mol. The number of hydrogen-bond acceptors (Lipinski definition) is 5. The van der Waals surface area contributed by atoms with Crippen molar-refractivity contribution >= 4 is 33.2 Å². The van der Waals surface area contributed by atoms with Crippen LogP contribution in [0.25, 0.3) is 0 Å². The van der Waals surface area contributed by atoms with E-state index in [-0.39, 0.29) is 10.9 Å². The monoisotopic (exact) mass is 500 g/mol. The molecule has 0 spiro atoms. The molecule has 0 aliphatic carbocycles. The molecule has 1 aliphatic heterocycles. The molecule has 1 amide bonds. The topological polar surface area (TPSA) is 84.9 Å². The highest BCUT2D eigenvalue weighted by Gasteiger charge is 2.28. The molecule has 1 atom stereocenters. The predicted octanol–water partition coefficient (Wildman–Crippen LogP) is 4.49. The van der Waals surface area contributed by atoms with Gasteiger partial charge < -0.3 is 14.8 Å². The molecule has 0 saturated carbocycles. The summed E-state index contributed by atoms with van der Waals surface area (Å²) >= 11 is 6.27. The van der Waals surface area contributed by atoms with Crippen LogP contribution in [0.1, 0.15) is 24.1 Å². The van der Waals surface area contributed by atoms with Crippen LogP contribution in [0.15, 0.2) is 71.6 Å². The number of aryl methyl sites for hydroxylation is 1. The predicted molar refractivity (Wildman–Crippen MR) is 131 cm³/mol. The standard InChI is InChI=1S/C25H25ClN2O5S/c1-17-8-10-20(15-22(17)26)28(34(30,31)21-6-4-3-5-7-21)16-25(29)27-18(2)19-9-11-23-24(14-19)33-13-12-32-23/h3-11,14-15,18H,12-13,16H2,1-2H3,(H,27,29). The molecular formula is C25H25ClN2O5S. The molecule has 0 fully saturated rings. The molecule has 1 unspecified atom stereocenters. The van der Waals surface area contributed by atoms with Crippen LogP contribution in [-0.2, 0) is 14.8 Å². The van der Waals surface area contributed by atoms with Crippen LogP contribution in [0.4, 0.5) is 5.69 Å². The molecule has 0 aromatic heterocycles. The van der Waals surface area contributed by atoms with Gasteiger partial charge >= 0.3 is 0 Å². The molecule has 1 N–H and O–H groups in total. The van der Waals surface area contributed by atoms with Crippen LogP contribution in [0.5, 0.6) is 11.5 Å². The highest BCUT2D eigenvalue weighted by Crippen LogP contribution is 2.33. The Morgan fingerprint density at radius 2 is 1.74 bits per heavy atom. The van der Waals surface area contributed by atoms with E-state index in [1.807, 2.05) is 26.0 Å². The lowest BCUT2D eigenvalue weighted by molar-refractivity contribution is -0.120. The number of nitrogens with one attached hydrogen (secondary N) is 1. The summed E-state index contributed by atoms with van der Waals surface area (Å²) in [5.74, 6) is 0.816. The van der Waals surface area contributed by atoms with Crippen molar-refractivity contribution in [3.8, 4) is 11.5 Å². The Balaban J connectivity index is 1.58. The number of nitrogens with zero attached hydrogens (tertiary/aromatic N) is 1. The molecule has 0 saturated heterocycles. The maximum Gasteiger partial charge on any atom is 0.264 e. The van der Waals surface area contributed by atoms with Crippen LogP contribution in [-0.4, -0.2) is 34.1 Å². The van der Waals surface area contributed by atoms with Gasteiger partial charge in [0.1, 0.15) is 19.8 Å². The molecule has 7 nitrogen and oxygen atoms in total. The van der Waals surface area contributed by atoms with Crippen LogP contribution >= 0.6 is 11.6 Å². The first-order valence-corrected chi connectivity index (χ1v) is 12.6. The van der Waals surface area contributed by atoms with E-state index in [1.165, 1.54) is 12.1 Å². The van der Waals surface area contributed by atoms with E-state index in [2.05, 4.69) is 5.32 Å². The number of anilines is 1. The Morgan fingerprint density at radius 1 is 1.03 bits per heavy atom. The third-order valence-corrected chi connectivity index (χ3v) is 7.70. The van der Waals surface area contributed by atoms with E-state index >= 15 is 0 Å². The largest absolute Gasteiger partial charge is 0.486 e. The van der Waals surface area contributed by atoms with Gasteiger partial charge in [0.25, 0.3) is 10.0 Å². The van der Waals surface area contributed by atoms with Crippen molar-refractivity contribution in [1.29, 1.82) is 0 Å². The summed E-state index contributed by atoms with van der Waals surface area (Å²) in [5.41, 5.74) is 1.93. The van der Waals surface area contributed by atoms with Crippen LogP contribution in [0, 0.1) is 6.92 Å². The van der Waals surface area contributed by atoms with Crippen LogP contribution < -0.4 is 19.1 Å². The first kappa shape index (κ1) is 23.9. The van der Waals surface area contributed by atoms with E-state index in [0.29, 0.717) is 35.4 Å². The van der Waals surface area contributed by atoms with Gasteiger partial charge in [0.05, 0.1) is 16.6 Å². The van der Waals surface area contributed by atoms with Gasteiger partial charge in [-0.3, -0.25) is 9.10 Å². The minimum absolute atomic E-state index is 0.0828. The SMILES string of the molecule is Cc1ccc(N(CC(=O)NC(C)c2ccc3c(c2)OCCO3)S(=O)(=O)c2ccccc2)cc1Cl. The lowest BCUT2D eigenvalue weighted by Gasteiger charge is -2.26. The van der Waals surface area contributed by atoms with Gasteiger partial charge in [-0.1, -0.05) is 41.9 Å². The van der Waals surface area contributed by atoms with Crippen molar-refractivity contribution in [2.24, 2.45) is 0 Å². The number of benzene rings is 3. The number of carbonyl (C=O) groups excluding carboxylic acids is 1. The maximum atomic E-state index is 13.5. The summed E-state index contributed by atoms with van der Waals surface area (Å²) in [6.07, 6.45) is 0. The van der Waals surface area contributed by atoms with Crippen molar-refractivity contribution in [2.45, 2.75) is 24.8 Å². The fraction of sp³-hybridized carbons (Fsp3) is 0.240. The summed E-state index contributed by atoms with van der Waals surface area (Å²) in [4.78, 5) is 13.1. The Bertz CT molecular complexity index is 1300. The van der Waals surface area contributed by atoms with Gasteiger partial charge in [-0.15, -0.1) is 0 Å². The second-order valence-corrected chi connectivity index (χ2v) is 10.2. The molecule has 9 heteroatoms. The van der Waals surface area contributed by atoms with E-state index in [0.717, 1.165) is 15.4 Å². The Kier molecular flexibility index (Phi) is 7.00. The quantitative estimate of drug-likeness (QED) is 0.516. The Labute approximate surface area is 204 Å². The Morgan fingerprint density at radius 3 is 2.44 bits per heavy atom. The van der Waals surface area contributed by atoms with E-state index in [1.54, 1.807) is 42.5 Å². The number of hydrogen-bond donors (Lipinski definition) is 1. The van der Waals surface area contributed by atoms with Gasteiger partial charge in [-0.2, -0.15) is 0 Å². The van der Waals surface area contributed by atoms with Crippen molar-refractivity contribution < 1.29 is 22.7 Å². The van der Waals surface area contributed by atoms with E-state index in [4.69, 9.17) is 21.1 Å². The fourth-order valence-electron chi connectivity index (χ4n) is 3.60. The molecule has 3 aromatic carbocycles. The van der Waals surface area contributed by atoms with Gasteiger partial charge in [0.2, 0.25) is 5.91 Å². The summed E-state index contributed by atoms with van der Waals surface area (Å²) in [7, 11) is -4.01. The number of fused-ring (bicyclic) bond motifs is 1. The maximum absolute atomic E-state index is 13.5. The van der Waals surface area contributed by atoms with Crippen molar-refractivity contribution in [1.82, 2.24) is 5.32 Å². The lowest BCUT2D eigenvalue weighted by Crippen LogP contribution is -2.41. The molecule has 0 bridgehead atoms. The van der Waals surface area contributed by atoms with Crippen LogP contribution in [0.3, 0.4) is 0 Å². The minimum Gasteiger partial charge on any atom is -0.486 e. The lowest BCUT2D eigenvalue weighted by atomic mass is 10.1. The van der Waals surface area contributed by atoms with Gasteiger partial charge in [-0.25, -0.2) is 8.42 Å². The van der Waals surface area contributed by atoms with Gasteiger partial charge in [0, 0.05) is 5.02 Å². The zero-order valence-electron chi connectivity index (χ0n) is 18.8. The van der Waals surface area contributed by atoms with Crippen LogP contribution in [0.2, 0.25) is 5.02 Å². The molecule has 0 radical (unpaired) electrons. The van der Waals surface area contributed by atoms with Gasteiger partial charge in [-0.05, 0) is 61.4 Å². The first-order chi connectivity index (χ1) is 16.3. The number of ether oxygens (including phenoxy) is 2. The summed E-state index contributed by atoms with van der Waals surface area (Å²) in [5, 5.41) is 3.29. The number of halogens is 1. The highest BCUT2D eigenvalue weighted by atomic mass is 35.5. The van der Waals surface area contributed by atoms with Crippen molar-refractivity contribution in [3.63, 3.8) is 0 Å². The van der Waals surface area contributed by atoms with E-state index in [9.17, 15) is 13.2 Å². The summed E-state index contributed by atoms with van der Waals surface area (Å²) < 4.78 is 39.1. The zero-order chi connectivity index (χ0) is 24.3. The number of rotatable bonds is 7. The molecule has 34 heavy (non-hydrogen) atoms. The van der Waals surface area contributed by atoms with Gasteiger partial charge in [0.15, 0.2) is 11.5 Å². The number of carbonyl (C=O) groups is 1. The highest BCUT2D eigenvalue weighted by molar-refractivity contribution is 7.92. The Hall–Kier alpha value is -3.23. The first-order valence-electron chi connectivity index (χ1n) is 10.8. The third kappa shape index (κ3) is 5.13. The normalized spacial score (nSPS) is 13.7. The molecule has 1 aliphatic rings. The van der Waals surface area contributed by atoms with E-state index < -0.39 is 22.5 Å². The fourth-order valence-corrected chi connectivity index (χ4v) is 5.21. The molecule has 3 aromatic rings. The van der Waals surface area contributed by atoms with Crippen molar-refractivity contribution in [2.75, 3.05) is 24.1 Å². The minimum atomic E-state index is -4.01. The smallest absolute Gasteiger partial charge is 0.264 e. The average Bonchev–Trinajstić information content (AvgIpc) is 2.84. The summed E-state index contributed by atoms with van der Waals surface area (Å²) in [6.45, 7) is 4.19. The molecule has 178 valence electrons. The second-order valence-electron chi connectivity index (χ2n) is 7.95.